The van der Waals surface area contributed by atoms with E-state index >= 15 is 0 Å². The number of rotatable bonds is 2. The van der Waals surface area contributed by atoms with E-state index in [4.69, 9.17) is 0 Å². The smallest absolute Gasteiger partial charge is 0.213 e. The van der Waals surface area contributed by atoms with Gasteiger partial charge >= 0.3 is 17.1 Å². The molecule has 0 aliphatic carbocycles. The van der Waals surface area contributed by atoms with Gasteiger partial charge in [-0.3, -0.25) is 0 Å². The van der Waals surface area contributed by atoms with Gasteiger partial charge in [-0.05, 0) is 21.6 Å². The Balaban J connectivity index is 3.11. The molecule has 0 saturated heterocycles. The molecule has 0 radical (unpaired) electrons. The summed E-state index contributed by atoms with van der Waals surface area (Å²) in [6, 6.07) is 0. The lowest BCUT2D eigenvalue weighted by atomic mass is 11.0. The number of hydrogen-bond donors (Lipinski definition) is 0. The molecule has 1 aliphatic heterocycles. The first kappa shape index (κ1) is 12.8. The Labute approximate surface area is 82.4 Å². The summed E-state index contributed by atoms with van der Waals surface area (Å²) < 4.78 is 54.4. The van der Waals surface area contributed by atoms with Crippen LogP contribution in [-0.2, 0) is 0 Å². The average molecular weight is 269 g/mol. The molecule has 14 heavy (non-hydrogen) atoms. The van der Waals surface area contributed by atoms with Crippen molar-refractivity contribution >= 4 is 24.3 Å². The highest BCUT2D eigenvalue weighted by atomic mass is 31.3. The van der Waals surface area contributed by atoms with E-state index in [0.717, 1.165) is 0 Å². The van der Waals surface area contributed by atoms with Crippen molar-refractivity contribution in [3.05, 3.63) is 0 Å². The maximum absolute atomic E-state index is 13.3. The van der Waals surface area contributed by atoms with Gasteiger partial charge < -0.3 is 0 Å². The Morgan fingerprint density at radius 3 is 2.14 bits per heavy atom. The van der Waals surface area contributed by atoms with Crippen LogP contribution in [0.5, 0.6) is 0 Å². The minimum Gasteiger partial charge on any atom is -0.213 e. The molecule has 0 amide bonds. The summed E-state index contributed by atoms with van der Waals surface area (Å²) in [5, 5.41) is 0. The lowest BCUT2D eigenvalue weighted by Gasteiger charge is -2.35. The van der Waals surface area contributed by atoms with Crippen molar-refractivity contribution in [2.24, 2.45) is 4.52 Å². The third-order valence-electron chi connectivity index (χ3n) is 1.97. The average Bonchev–Trinajstić information content (AvgIpc) is 2.21. The fraction of sp³-hybridized carbons (Fsp3) is 1.00. The van der Waals surface area contributed by atoms with Crippen LogP contribution in [0.1, 0.15) is 13.8 Å². The van der Waals surface area contributed by atoms with Crippen LogP contribution in [0.2, 0.25) is 0 Å². The Morgan fingerprint density at radius 2 is 1.71 bits per heavy atom. The van der Waals surface area contributed by atoms with Crippen molar-refractivity contribution in [3.63, 3.8) is 0 Å². The van der Waals surface area contributed by atoms with Crippen LogP contribution in [0.3, 0.4) is 0 Å². The summed E-state index contributed by atoms with van der Waals surface area (Å²) in [7, 11) is -9.09. The summed E-state index contributed by atoms with van der Waals surface area (Å²) in [5.74, 6) is 0. The van der Waals surface area contributed by atoms with Crippen molar-refractivity contribution < 1.29 is 17.4 Å². The fourth-order valence-electron chi connectivity index (χ4n) is 1.05. The molecule has 0 aromatic carbocycles. The van der Waals surface area contributed by atoms with Crippen molar-refractivity contribution in [2.45, 2.75) is 13.8 Å². The van der Waals surface area contributed by atoms with E-state index in [1.807, 2.05) is 0 Å². The second kappa shape index (κ2) is 4.71. The van der Waals surface area contributed by atoms with Gasteiger partial charge in [0, 0.05) is 0 Å². The zero-order valence-electron chi connectivity index (χ0n) is 7.61. The summed E-state index contributed by atoms with van der Waals surface area (Å²) in [6.07, 6.45) is 0.443. The van der Waals surface area contributed by atoms with Gasteiger partial charge in [0.15, 0.2) is 0 Å². The van der Waals surface area contributed by atoms with Crippen LogP contribution in [0, 0.1) is 0 Å². The van der Waals surface area contributed by atoms with E-state index in [-0.39, 0.29) is 17.0 Å². The molecule has 0 aromatic heterocycles. The molecule has 0 fully saturated rings. The van der Waals surface area contributed by atoms with Crippen LogP contribution in [0.15, 0.2) is 4.52 Å². The molecule has 10 heteroatoms. The minimum absolute atomic E-state index is 0.194. The molecular formula is C4H10F4N3P3. The zero-order chi connectivity index (χ0) is 10.9. The lowest BCUT2D eigenvalue weighted by molar-refractivity contribution is 0.194. The monoisotopic (exact) mass is 269 g/mol. The minimum atomic E-state index is -3.31. The topological polar surface area (TPSA) is 18.8 Å². The summed E-state index contributed by atoms with van der Waals surface area (Å²) >= 11 is 0. The number of nitrogens with zero attached hydrogens (tertiary/aromatic N) is 3. The second-order valence-electron chi connectivity index (χ2n) is 2.56. The molecule has 0 bridgehead atoms. The molecule has 84 valence electrons. The fourth-order valence-corrected chi connectivity index (χ4v) is 8.32. The largest absolute Gasteiger partial charge is 0.320 e. The Hall–Kier alpha value is 0.730. The van der Waals surface area contributed by atoms with Gasteiger partial charge in [0.1, 0.15) is 0 Å². The number of halogens is 4. The molecular weight excluding hydrogens is 259 g/mol. The van der Waals surface area contributed by atoms with Gasteiger partial charge in [0.25, 0.3) is 0 Å². The van der Waals surface area contributed by atoms with E-state index in [1.165, 1.54) is 0 Å². The molecule has 0 saturated carbocycles. The van der Waals surface area contributed by atoms with Crippen LogP contribution < -0.4 is 0 Å². The van der Waals surface area contributed by atoms with Gasteiger partial charge in [0.05, 0.1) is 7.21 Å². The summed E-state index contributed by atoms with van der Waals surface area (Å²) in [4.78, 5) is 0. The molecule has 0 N–H and O–H groups in total. The van der Waals surface area contributed by atoms with Gasteiger partial charge in [-0.2, -0.15) is 8.39 Å². The summed E-state index contributed by atoms with van der Waals surface area (Å²) in [6.45, 7) is 3.21. The first-order chi connectivity index (χ1) is 6.48. The third-order valence-corrected chi connectivity index (χ3v) is 9.68. The first-order valence-corrected chi connectivity index (χ1v) is 8.26. The maximum Gasteiger partial charge on any atom is 0.320 e. The van der Waals surface area contributed by atoms with E-state index in [1.54, 1.807) is 13.8 Å². The molecule has 2 atom stereocenters. The molecule has 1 aliphatic rings. The number of hydrogen-bond acceptors (Lipinski definition) is 3. The van der Waals surface area contributed by atoms with E-state index in [2.05, 4.69) is 4.52 Å². The Morgan fingerprint density at radius 1 is 1.21 bits per heavy atom. The van der Waals surface area contributed by atoms with E-state index < -0.39 is 28.9 Å². The molecule has 1 heterocycles. The van der Waals surface area contributed by atoms with Crippen LogP contribution in [0.25, 0.3) is 0 Å². The summed E-state index contributed by atoms with van der Waals surface area (Å²) in [5.41, 5.74) is 0. The van der Waals surface area contributed by atoms with Gasteiger partial charge in [0.2, 0.25) is 0 Å². The van der Waals surface area contributed by atoms with Crippen molar-refractivity contribution in [1.82, 2.24) is 9.33 Å². The highest BCUT2D eigenvalue weighted by Crippen LogP contribution is 2.78. The second-order valence-corrected chi connectivity index (χ2v) is 9.30. The maximum atomic E-state index is 13.3. The van der Waals surface area contributed by atoms with Crippen molar-refractivity contribution in [1.29, 1.82) is 0 Å². The molecule has 1 rings (SSSR count). The van der Waals surface area contributed by atoms with Crippen LogP contribution in [-0.4, -0.2) is 21.6 Å². The Kier molecular flexibility index (Phi) is 4.31. The lowest BCUT2D eigenvalue weighted by Crippen LogP contribution is -2.15. The van der Waals surface area contributed by atoms with Crippen LogP contribution >= 0.6 is 24.3 Å². The van der Waals surface area contributed by atoms with Crippen LogP contribution in [0.4, 0.5) is 17.4 Å². The first-order valence-electron chi connectivity index (χ1n) is 3.92. The van der Waals surface area contributed by atoms with E-state index in [0.29, 0.717) is 0 Å². The third kappa shape index (κ3) is 1.98. The highest BCUT2D eigenvalue weighted by Gasteiger charge is 2.47. The zero-order valence-corrected chi connectivity index (χ0v) is 10.3. The van der Waals surface area contributed by atoms with Crippen molar-refractivity contribution in [2.75, 3.05) is 12.3 Å². The van der Waals surface area contributed by atoms with Crippen molar-refractivity contribution in [3.8, 4) is 0 Å². The predicted molar refractivity (Wildman–Crippen MR) is 52.4 cm³/mol. The molecule has 0 spiro atoms. The highest BCUT2D eigenvalue weighted by molar-refractivity contribution is 7.81. The Bertz CT molecular complexity index is 256. The van der Waals surface area contributed by atoms with Gasteiger partial charge in [-0.1, -0.05) is 13.8 Å². The molecule has 2 unspecified atom stereocenters. The molecule has 0 aromatic rings. The normalized spacial score (nSPS) is 34.1. The van der Waals surface area contributed by atoms with E-state index in [9.17, 15) is 17.4 Å². The standard InChI is InChI=1S/C4H10F4N3P3/c1-3-14(4-2)9-12(7)10(5)13(8)11(14)6/h3-4H2,1-2H3. The molecule has 3 nitrogen and oxygen atoms in total. The SMILES string of the molecule is CCP1(CC)=NP(F)N(F)P(F)N1F. The predicted octanol–water partition coefficient (Wildman–Crippen LogP) is 4.92. The van der Waals surface area contributed by atoms with Gasteiger partial charge in [-0.25, -0.2) is 4.52 Å². The van der Waals surface area contributed by atoms with Gasteiger partial charge in [-0.15, -0.1) is 8.96 Å². The quantitative estimate of drug-likeness (QED) is 0.402.